The Labute approximate surface area is 147 Å². The average Bonchev–Trinajstić information content (AvgIpc) is 2.65. The standard InChI is InChI=1S/C20H25NO4/c1-21-18-6-4-16(14-17(18)5-7-19(21)22)15-25-11-3-8-20(23-2)9-12-24-13-10-20/h3-8,14H,9-13,15H2,1-2H3/b8-3+. The number of aromatic nitrogens is 1. The average molecular weight is 343 g/mol. The van der Waals surface area contributed by atoms with Gasteiger partial charge in [0.2, 0.25) is 0 Å². The number of hydrogen-bond acceptors (Lipinski definition) is 4. The van der Waals surface area contributed by atoms with Crippen LogP contribution in [0.3, 0.4) is 0 Å². The molecule has 0 amide bonds. The van der Waals surface area contributed by atoms with Crippen molar-refractivity contribution in [3.63, 3.8) is 0 Å². The van der Waals surface area contributed by atoms with Crippen LogP contribution >= 0.6 is 0 Å². The van der Waals surface area contributed by atoms with Gasteiger partial charge in [0.1, 0.15) is 0 Å². The van der Waals surface area contributed by atoms with E-state index in [2.05, 4.69) is 12.1 Å². The zero-order chi connectivity index (χ0) is 17.7. The molecular weight excluding hydrogens is 318 g/mol. The van der Waals surface area contributed by atoms with Crippen LogP contribution in [-0.4, -0.2) is 37.1 Å². The van der Waals surface area contributed by atoms with Gasteiger partial charge in [-0.1, -0.05) is 18.2 Å². The molecule has 5 heteroatoms. The van der Waals surface area contributed by atoms with Crippen molar-refractivity contribution in [1.82, 2.24) is 4.57 Å². The van der Waals surface area contributed by atoms with E-state index in [0.29, 0.717) is 13.2 Å². The highest BCUT2D eigenvalue weighted by Crippen LogP contribution is 2.25. The molecule has 1 aliphatic heterocycles. The van der Waals surface area contributed by atoms with Crippen LogP contribution in [0.15, 0.2) is 47.3 Å². The number of fused-ring (bicyclic) bond motifs is 1. The van der Waals surface area contributed by atoms with Crippen LogP contribution < -0.4 is 5.56 Å². The second-order valence-electron chi connectivity index (χ2n) is 6.42. The van der Waals surface area contributed by atoms with Crippen molar-refractivity contribution in [2.24, 2.45) is 7.05 Å². The SMILES string of the molecule is COC1(/C=C/COCc2ccc3c(ccc(=O)n3C)c2)CCOCC1. The second kappa shape index (κ2) is 7.95. The topological polar surface area (TPSA) is 49.7 Å². The van der Waals surface area contributed by atoms with Crippen LogP contribution in [-0.2, 0) is 27.9 Å². The van der Waals surface area contributed by atoms with E-state index in [-0.39, 0.29) is 11.2 Å². The number of aryl methyl sites for hydroxylation is 1. The summed E-state index contributed by atoms with van der Waals surface area (Å²) in [5.74, 6) is 0. The van der Waals surface area contributed by atoms with Crippen LogP contribution in [0.25, 0.3) is 10.9 Å². The minimum atomic E-state index is -0.213. The van der Waals surface area contributed by atoms with E-state index < -0.39 is 0 Å². The normalized spacial score (nSPS) is 17.4. The number of hydrogen-bond donors (Lipinski definition) is 0. The number of ether oxygens (including phenoxy) is 3. The van der Waals surface area contributed by atoms with E-state index in [1.54, 1.807) is 24.8 Å². The molecule has 3 rings (SSSR count). The Kier molecular flexibility index (Phi) is 5.68. The fourth-order valence-electron chi connectivity index (χ4n) is 3.19. The van der Waals surface area contributed by atoms with E-state index in [9.17, 15) is 4.79 Å². The maximum atomic E-state index is 11.7. The molecule has 25 heavy (non-hydrogen) atoms. The third-order valence-corrected chi connectivity index (χ3v) is 4.84. The third kappa shape index (κ3) is 4.18. The molecule has 0 unspecified atom stereocenters. The molecule has 1 aromatic carbocycles. The molecule has 0 N–H and O–H groups in total. The van der Waals surface area contributed by atoms with Crippen LogP contribution in [0.1, 0.15) is 18.4 Å². The van der Waals surface area contributed by atoms with Crippen LogP contribution in [0.5, 0.6) is 0 Å². The molecule has 0 saturated carbocycles. The van der Waals surface area contributed by atoms with Crippen molar-refractivity contribution in [3.05, 3.63) is 58.4 Å². The Morgan fingerprint density at radius 2 is 2.04 bits per heavy atom. The molecule has 5 nitrogen and oxygen atoms in total. The molecule has 1 saturated heterocycles. The largest absolute Gasteiger partial charge is 0.381 e. The van der Waals surface area contributed by atoms with E-state index in [4.69, 9.17) is 14.2 Å². The quantitative estimate of drug-likeness (QED) is 0.598. The first kappa shape index (κ1) is 17.9. The smallest absolute Gasteiger partial charge is 0.250 e. The van der Waals surface area contributed by atoms with Gasteiger partial charge in [-0.3, -0.25) is 4.79 Å². The van der Waals surface area contributed by atoms with Gasteiger partial charge in [-0.25, -0.2) is 0 Å². The van der Waals surface area contributed by atoms with Crippen molar-refractivity contribution in [3.8, 4) is 0 Å². The summed E-state index contributed by atoms with van der Waals surface area (Å²) in [6.45, 7) is 2.54. The number of rotatable bonds is 6. The molecule has 0 atom stereocenters. The lowest BCUT2D eigenvalue weighted by molar-refractivity contribution is -0.0589. The van der Waals surface area contributed by atoms with Gasteiger partial charge in [-0.2, -0.15) is 0 Å². The number of methoxy groups -OCH3 is 1. The van der Waals surface area contributed by atoms with Gasteiger partial charge in [0.05, 0.1) is 24.3 Å². The lowest BCUT2D eigenvalue weighted by Crippen LogP contribution is -2.36. The zero-order valence-electron chi connectivity index (χ0n) is 14.9. The molecule has 0 radical (unpaired) electrons. The van der Waals surface area contributed by atoms with E-state index in [1.165, 1.54) is 0 Å². The third-order valence-electron chi connectivity index (χ3n) is 4.84. The Balaban J connectivity index is 1.57. The van der Waals surface area contributed by atoms with Crippen molar-refractivity contribution in [2.75, 3.05) is 26.9 Å². The van der Waals surface area contributed by atoms with Crippen LogP contribution in [0.2, 0.25) is 0 Å². The predicted octanol–water partition coefficient (Wildman–Crippen LogP) is 2.81. The van der Waals surface area contributed by atoms with E-state index in [1.807, 2.05) is 24.3 Å². The molecule has 0 bridgehead atoms. The molecule has 2 heterocycles. The minimum absolute atomic E-state index is 0.00169. The van der Waals surface area contributed by atoms with Gasteiger partial charge >= 0.3 is 0 Å². The van der Waals surface area contributed by atoms with Gasteiger partial charge in [0, 0.05) is 46.3 Å². The summed E-state index contributed by atoms with van der Waals surface area (Å²) in [6.07, 6.45) is 5.89. The summed E-state index contributed by atoms with van der Waals surface area (Å²) in [4.78, 5) is 11.7. The Hall–Kier alpha value is -1.95. The summed E-state index contributed by atoms with van der Waals surface area (Å²) in [5.41, 5.74) is 1.81. The number of benzene rings is 1. The Bertz CT molecular complexity index is 803. The highest BCUT2D eigenvalue weighted by molar-refractivity contribution is 5.79. The van der Waals surface area contributed by atoms with Gasteiger partial charge in [-0.15, -0.1) is 0 Å². The summed E-state index contributed by atoms with van der Waals surface area (Å²) >= 11 is 0. The van der Waals surface area contributed by atoms with E-state index in [0.717, 1.165) is 42.5 Å². The van der Waals surface area contributed by atoms with Gasteiger partial charge in [0.25, 0.3) is 5.56 Å². The van der Waals surface area contributed by atoms with E-state index >= 15 is 0 Å². The molecule has 2 aromatic rings. The molecule has 1 aromatic heterocycles. The molecule has 0 aliphatic carbocycles. The lowest BCUT2D eigenvalue weighted by Gasteiger charge is -2.33. The highest BCUT2D eigenvalue weighted by Gasteiger charge is 2.29. The van der Waals surface area contributed by atoms with Crippen LogP contribution in [0, 0.1) is 0 Å². The minimum Gasteiger partial charge on any atom is -0.381 e. The second-order valence-corrected chi connectivity index (χ2v) is 6.42. The first-order chi connectivity index (χ1) is 12.1. The fraction of sp³-hybridized carbons (Fsp3) is 0.450. The van der Waals surface area contributed by atoms with Crippen molar-refractivity contribution >= 4 is 10.9 Å². The fourth-order valence-corrected chi connectivity index (χ4v) is 3.19. The summed E-state index contributed by atoms with van der Waals surface area (Å²) in [7, 11) is 3.53. The maximum absolute atomic E-state index is 11.7. The maximum Gasteiger partial charge on any atom is 0.250 e. The Morgan fingerprint density at radius 1 is 1.24 bits per heavy atom. The predicted molar refractivity (Wildman–Crippen MR) is 97.8 cm³/mol. The summed E-state index contributed by atoms with van der Waals surface area (Å²) in [5, 5.41) is 1.04. The van der Waals surface area contributed by atoms with Gasteiger partial charge < -0.3 is 18.8 Å². The van der Waals surface area contributed by atoms with Crippen LogP contribution in [0.4, 0.5) is 0 Å². The molecular formula is C20H25NO4. The molecule has 134 valence electrons. The molecule has 1 fully saturated rings. The highest BCUT2D eigenvalue weighted by atomic mass is 16.5. The monoisotopic (exact) mass is 343 g/mol. The molecule has 1 aliphatic rings. The number of nitrogens with zero attached hydrogens (tertiary/aromatic N) is 1. The van der Waals surface area contributed by atoms with Crippen molar-refractivity contribution in [1.29, 1.82) is 0 Å². The molecule has 0 spiro atoms. The first-order valence-corrected chi connectivity index (χ1v) is 8.61. The Morgan fingerprint density at radius 3 is 2.80 bits per heavy atom. The zero-order valence-corrected chi connectivity index (χ0v) is 14.9. The number of pyridine rings is 1. The summed E-state index contributed by atoms with van der Waals surface area (Å²) in [6, 6.07) is 9.48. The van der Waals surface area contributed by atoms with Gasteiger partial charge in [-0.05, 0) is 29.1 Å². The lowest BCUT2D eigenvalue weighted by atomic mass is 9.93. The first-order valence-electron chi connectivity index (χ1n) is 8.61. The summed E-state index contributed by atoms with van der Waals surface area (Å²) < 4.78 is 18.5. The van der Waals surface area contributed by atoms with Crippen molar-refractivity contribution < 1.29 is 14.2 Å². The van der Waals surface area contributed by atoms with Crippen molar-refractivity contribution in [2.45, 2.75) is 25.0 Å². The van der Waals surface area contributed by atoms with Gasteiger partial charge in [0.15, 0.2) is 0 Å².